The lowest BCUT2D eigenvalue weighted by Gasteiger charge is -2.21. The molecule has 18 heavy (non-hydrogen) atoms. The molecular formula is C15H25NO2. The molecule has 0 aliphatic rings. The third kappa shape index (κ3) is 3.91. The van der Waals surface area contributed by atoms with Crippen molar-refractivity contribution in [3.63, 3.8) is 0 Å². The number of benzene rings is 1. The summed E-state index contributed by atoms with van der Waals surface area (Å²) in [6.45, 7) is 7.56. The Kier molecular flexibility index (Phi) is 5.99. The molecule has 0 aliphatic carbocycles. The van der Waals surface area contributed by atoms with Crippen LogP contribution in [-0.2, 0) is 6.54 Å². The van der Waals surface area contributed by atoms with E-state index in [1.54, 1.807) is 14.2 Å². The number of methoxy groups -OCH3 is 2. The van der Waals surface area contributed by atoms with Gasteiger partial charge in [-0.1, -0.05) is 26.8 Å². The van der Waals surface area contributed by atoms with Gasteiger partial charge in [0.05, 0.1) is 14.2 Å². The standard InChI is InChI=1S/C15H25NO2/c1-6-13(11(2)3)16-10-12-7-8-14(17-4)15(9-12)18-5/h7-9,11,13,16H,6,10H2,1-5H3. The highest BCUT2D eigenvalue weighted by Gasteiger charge is 2.10. The second-order valence-corrected chi connectivity index (χ2v) is 4.83. The molecule has 0 heterocycles. The number of ether oxygens (including phenoxy) is 2. The summed E-state index contributed by atoms with van der Waals surface area (Å²) in [7, 11) is 3.32. The quantitative estimate of drug-likeness (QED) is 0.807. The molecule has 3 heteroatoms. The van der Waals surface area contributed by atoms with Crippen LogP contribution in [0.2, 0.25) is 0 Å². The summed E-state index contributed by atoms with van der Waals surface area (Å²) >= 11 is 0. The minimum atomic E-state index is 0.554. The molecule has 3 nitrogen and oxygen atoms in total. The lowest BCUT2D eigenvalue weighted by atomic mass is 10.0. The van der Waals surface area contributed by atoms with Crippen LogP contribution < -0.4 is 14.8 Å². The van der Waals surface area contributed by atoms with Crippen LogP contribution in [0.1, 0.15) is 32.8 Å². The Morgan fingerprint density at radius 1 is 1.11 bits per heavy atom. The van der Waals surface area contributed by atoms with Crippen molar-refractivity contribution in [2.75, 3.05) is 14.2 Å². The average Bonchev–Trinajstić information content (AvgIpc) is 2.38. The molecule has 0 bridgehead atoms. The van der Waals surface area contributed by atoms with E-state index in [9.17, 15) is 0 Å². The fourth-order valence-corrected chi connectivity index (χ4v) is 2.09. The predicted molar refractivity (Wildman–Crippen MR) is 75.3 cm³/mol. The molecule has 0 fully saturated rings. The first-order valence-electron chi connectivity index (χ1n) is 6.56. The Labute approximate surface area is 110 Å². The first-order valence-corrected chi connectivity index (χ1v) is 6.56. The largest absolute Gasteiger partial charge is 0.493 e. The molecule has 0 aromatic heterocycles. The first-order chi connectivity index (χ1) is 8.62. The van der Waals surface area contributed by atoms with E-state index in [1.165, 1.54) is 5.56 Å². The van der Waals surface area contributed by atoms with Gasteiger partial charge in [-0.3, -0.25) is 0 Å². The molecule has 0 saturated heterocycles. The molecule has 0 saturated carbocycles. The second kappa shape index (κ2) is 7.27. The van der Waals surface area contributed by atoms with Gasteiger partial charge in [0.15, 0.2) is 11.5 Å². The highest BCUT2D eigenvalue weighted by Crippen LogP contribution is 2.27. The van der Waals surface area contributed by atoms with Crippen molar-refractivity contribution in [3.8, 4) is 11.5 Å². The SMILES string of the molecule is CCC(NCc1ccc(OC)c(OC)c1)C(C)C. The zero-order chi connectivity index (χ0) is 13.5. The van der Waals surface area contributed by atoms with E-state index in [2.05, 4.69) is 32.2 Å². The Morgan fingerprint density at radius 2 is 1.78 bits per heavy atom. The van der Waals surface area contributed by atoms with E-state index >= 15 is 0 Å². The third-order valence-electron chi connectivity index (χ3n) is 3.26. The first kappa shape index (κ1) is 14.8. The Balaban J connectivity index is 2.67. The number of hydrogen-bond donors (Lipinski definition) is 1. The molecular weight excluding hydrogens is 226 g/mol. The van der Waals surface area contributed by atoms with Gasteiger partial charge in [-0.15, -0.1) is 0 Å². The minimum absolute atomic E-state index is 0.554. The summed E-state index contributed by atoms with van der Waals surface area (Å²) < 4.78 is 10.5. The molecule has 0 radical (unpaired) electrons. The summed E-state index contributed by atoms with van der Waals surface area (Å²) in [6, 6.07) is 6.60. The summed E-state index contributed by atoms with van der Waals surface area (Å²) in [5.41, 5.74) is 1.21. The molecule has 102 valence electrons. The topological polar surface area (TPSA) is 30.5 Å². The van der Waals surface area contributed by atoms with Gasteiger partial charge in [0.1, 0.15) is 0 Å². The highest BCUT2D eigenvalue weighted by atomic mass is 16.5. The van der Waals surface area contributed by atoms with Crippen LogP contribution in [0.3, 0.4) is 0 Å². The van der Waals surface area contributed by atoms with Gasteiger partial charge in [0.2, 0.25) is 0 Å². The summed E-state index contributed by atoms with van der Waals surface area (Å²) in [6.07, 6.45) is 1.14. The number of nitrogens with one attached hydrogen (secondary N) is 1. The molecule has 1 aromatic rings. The monoisotopic (exact) mass is 251 g/mol. The van der Waals surface area contributed by atoms with Crippen LogP contribution in [0.4, 0.5) is 0 Å². The van der Waals surface area contributed by atoms with Crippen molar-refractivity contribution < 1.29 is 9.47 Å². The van der Waals surface area contributed by atoms with E-state index in [-0.39, 0.29) is 0 Å². The average molecular weight is 251 g/mol. The molecule has 0 amide bonds. The summed E-state index contributed by atoms with van der Waals surface area (Å²) in [4.78, 5) is 0. The van der Waals surface area contributed by atoms with E-state index < -0.39 is 0 Å². The Hall–Kier alpha value is -1.22. The van der Waals surface area contributed by atoms with Gasteiger partial charge in [-0.25, -0.2) is 0 Å². The Bertz CT molecular complexity index is 364. The van der Waals surface area contributed by atoms with Gasteiger partial charge in [0, 0.05) is 12.6 Å². The molecule has 1 N–H and O–H groups in total. The fourth-order valence-electron chi connectivity index (χ4n) is 2.09. The lowest BCUT2D eigenvalue weighted by molar-refractivity contribution is 0.353. The van der Waals surface area contributed by atoms with E-state index in [0.29, 0.717) is 12.0 Å². The van der Waals surface area contributed by atoms with Crippen LogP contribution in [0, 0.1) is 5.92 Å². The van der Waals surface area contributed by atoms with Crippen LogP contribution in [0.5, 0.6) is 11.5 Å². The van der Waals surface area contributed by atoms with Crippen LogP contribution in [-0.4, -0.2) is 20.3 Å². The maximum absolute atomic E-state index is 5.30. The maximum Gasteiger partial charge on any atom is 0.161 e. The number of hydrogen-bond acceptors (Lipinski definition) is 3. The number of rotatable bonds is 7. The molecule has 1 aromatic carbocycles. The molecule has 0 spiro atoms. The Morgan fingerprint density at radius 3 is 2.28 bits per heavy atom. The predicted octanol–water partition coefficient (Wildman–Crippen LogP) is 3.23. The zero-order valence-corrected chi connectivity index (χ0v) is 12.1. The van der Waals surface area contributed by atoms with Gasteiger partial charge in [-0.2, -0.15) is 0 Å². The van der Waals surface area contributed by atoms with Gasteiger partial charge < -0.3 is 14.8 Å². The van der Waals surface area contributed by atoms with Crippen molar-refractivity contribution in [3.05, 3.63) is 23.8 Å². The van der Waals surface area contributed by atoms with Crippen molar-refractivity contribution >= 4 is 0 Å². The van der Waals surface area contributed by atoms with Gasteiger partial charge >= 0.3 is 0 Å². The zero-order valence-electron chi connectivity index (χ0n) is 12.1. The normalized spacial score (nSPS) is 12.6. The lowest BCUT2D eigenvalue weighted by Crippen LogP contribution is -2.32. The van der Waals surface area contributed by atoms with Crippen molar-refractivity contribution in [2.24, 2.45) is 5.92 Å². The third-order valence-corrected chi connectivity index (χ3v) is 3.26. The van der Waals surface area contributed by atoms with Crippen LogP contribution >= 0.6 is 0 Å². The van der Waals surface area contributed by atoms with Crippen molar-refractivity contribution in [1.82, 2.24) is 5.32 Å². The van der Waals surface area contributed by atoms with Crippen LogP contribution in [0.25, 0.3) is 0 Å². The van der Waals surface area contributed by atoms with E-state index in [1.807, 2.05) is 12.1 Å². The smallest absolute Gasteiger partial charge is 0.161 e. The van der Waals surface area contributed by atoms with E-state index in [0.717, 1.165) is 24.5 Å². The van der Waals surface area contributed by atoms with Gasteiger partial charge in [0.25, 0.3) is 0 Å². The van der Waals surface area contributed by atoms with Crippen molar-refractivity contribution in [2.45, 2.75) is 39.8 Å². The molecule has 1 atom stereocenters. The minimum Gasteiger partial charge on any atom is -0.493 e. The van der Waals surface area contributed by atoms with E-state index in [4.69, 9.17) is 9.47 Å². The summed E-state index contributed by atoms with van der Waals surface area (Å²) in [5.74, 6) is 2.21. The molecule has 0 aliphatic heterocycles. The fraction of sp³-hybridized carbons (Fsp3) is 0.600. The van der Waals surface area contributed by atoms with Crippen LogP contribution in [0.15, 0.2) is 18.2 Å². The second-order valence-electron chi connectivity index (χ2n) is 4.83. The van der Waals surface area contributed by atoms with Gasteiger partial charge in [-0.05, 0) is 30.0 Å². The maximum atomic E-state index is 5.30. The summed E-state index contributed by atoms with van der Waals surface area (Å²) in [5, 5.41) is 3.58. The molecule has 1 rings (SSSR count). The highest BCUT2D eigenvalue weighted by molar-refractivity contribution is 5.42. The van der Waals surface area contributed by atoms with Crippen molar-refractivity contribution in [1.29, 1.82) is 0 Å². The molecule has 1 unspecified atom stereocenters.